The molecule has 0 aliphatic carbocycles. The van der Waals surface area contributed by atoms with Gasteiger partial charge < -0.3 is 0 Å². The van der Waals surface area contributed by atoms with Crippen molar-refractivity contribution in [2.45, 2.75) is 32.7 Å². The Labute approximate surface area is 116 Å². The average molecular weight is 313 g/mol. The Bertz CT molecular complexity index is 485. The van der Waals surface area contributed by atoms with Gasteiger partial charge in [-0.25, -0.2) is 12.7 Å². The highest BCUT2D eigenvalue weighted by atomic mass is 32.2. The van der Waals surface area contributed by atoms with Crippen LogP contribution < -0.4 is 4.72 Å². The molecule has 0 aromatic rings. The van der Waals surface area contributed by atoms with E-state index in [0.717, 1.165) is 6.26 Å². The van der Waals surface area contributed by atoms with E-state index >= 15 is 0 Å². The van der Waals surface area contributed by atoms with Gasteiger partial charge in [-0.1, -0.05) is 13.8 Å². The first-order valence-electron chi connectivity index (χ1n) is 6.43. The molecular weight excluding hydrogens is 290 g/mol. The predicted octanol–water partition coefficient (Wildman–Crippen LogP) is -0.413. The van der Waals surface area contributed by atoms with Gasteiger partial charge in [0.1, 0.15) is 0 Å². The molecule has 7 nitrogen and oxygen atoms in total. The molecule has 0 aromatic carbocycles. The van der Waals surface area contributed by atoms with Gasteiger partial charge in [0.05, 0.1) is 6.26 Å². The van der Waals surface area contributed by atoms with Crippen LogP contribution in [0.5, 0.6) is 0 Å². The highest BCUT2D eigenvalue weighted by molar-refractivity contribution is 7.88. The zero-order valence-electron chi connectivity index (χ0n) is 11.7. The quantitative estimate of drug-likeness (QED) is 0.722. The maximum Gasteiger partial charge on any atom is 0.279 e. The van der Waals surface area contributed by atoms with Crippen molar-refractivity contribution in [3.05, 3.63) is 0 Å². The minimum Gasteiger partial charge on any atom is -0.213 e. The van der Waals surface area contributed by atoms with Crippen molar-refractivity contribution >= 4 is 20.2 Å². The molecule has 1 atom stereocenters. The molecule has 1 fully saturated rings. The molecule has 1 saturated heterocycles. The van der Waals surface area contributed by atoms with Gasteiger partial charge >= 0.3 is 0 Å². The number of hydrogen-bond acceptors (Lipinski definition) is 4. The predicted molar refractivity (Wildman–Crippen MR) is 74.4 cm³/mol. The zero-order chi connectivity index (χ0) is 14.7. The molecule has 0 bridgehead atoms. The maximum absolute atomic E-state index is 12.1. The van der Waals surface area contributed by atoms with Crippen LogP contribution >= 0.6 is 0 Å². The summed E-state index contributed by atoms with van der Waals surface area (Å²) in [5.41, 5.74) is 0. The molecule has 1 aliphatic heterocycles. The first-order valence-corrected chi connectivity index (χ1v) is 9.72. The standard InChI is InChI=1S/C10H23N3O4S2/c1-4-12(5-2)19(16,17)11-10-7-6-8-13(9-10)18(3,14)15/h10-11H,4-9H2,1-3H3. The van der Waals surface area contributed by atoms with Gasteiger partial charge in [-0.3, -0.25) is 0 Å². The maximum atomic E-state index is 12.1. The topological polar surface area (TPSA) is 86.8 Å². The van der Waals surface area contributed by atoms with Gasteiger partial charge in [0.15, 0.2) is 0 Å². The number of piperidine rings is 1. The van der Waals surface area contributed by atoms with Crippen LogP contribution in [0.4, 0.5) is 0 Å². The Morgan fingerprint density at radius 3 is 2.26 bits per heavy atom. The second-order valence-corrected chi connectivity index (χ2v) is 8.35. The summed E-state index contributed by atoms with van der Waals surface area (Å²) < 4.78 is 52.3. The molecule has 1 unspecified atom stereocenters. The first-order chi connectivity index (χ1) is 8.70. The number of nitrogens with zero attached hydrogens (tertiary/aromatic N) is 2. The molecule has 114 valence electrons. The summed E-state index contributed by atoms with van der Waals surface area (Å²) >= 11 is 0. The van der Waals surface area contributed by atoms with E-state index in [4.69, 9.17) is 0 Å². The van der Waals surface area contributed by atoms with E-state index in [1.54, 1.807) is 13.8 Å². The van der Waals surface area contributed by atoms with Crippen LogP contribution in [0.1, 0.15) is 26.7 Å². The summed E-state index contributed by atoms with van der Waals surface area (Å²) in [5.74, 6) is 0. The Kier molecular flexibility index (Phi) is 5.75. The van der Waals surface area contributed by atoms with E-state index in [1.165, 1.54) is 8.61 Å². The molecule has 9 heteroatoms. The van der Waals surface area contributed by atoms with E-state index in [-0.39, 0.29) is 12.6 Å². The van der Waals surface area contributed by atoms with Crippen molar-refractivity contribution in [3.63, 3.8) is 0 Å². The fraction of sp³-hybridized carbons (Fsp3) is 1.00. The number of nitrogens with one attached hydrogen (secondary N) is 1. The molecule has 1 N–H and O–H groups in total. The van der Waals surface area contributed by atoms with Crippen molar-refractivity contribution in [1.29, 1.82) is 0 Å². The van der Waals surface area contributed by atoms with Crippen molar-refractivity contribution in [1.82, 2.24) is 13.3 Å². The van der Waals surface area contributed by atoms with Crippen molar-refractivity contribution in [3.8, 4) is 0 Å². The number of rotatable bonds is 6. The fourth-order valence-electron chi connectivity index (χ4n) is 2.19. The van der Waals surface area contributed by atoms with Crippen LogP contribution in [0.15, 0.2) is 0 Å². The molecule has 0 amide bonds. The lowest BCUT2D eigenvalue weighted by atomic mass is 10.1. The minimum atomic E-state index is -3.53. The van der Waals surface area contributed by atoms with E-state index in [1.807, 2.05) is 0 Å². The van der Waals surface area contributed by atoms with Crippen LogP contribution in [-0.4, -0.2) is 63.9 Å². The molecule has 0 aromatic heterocycles. The van der Waals surface area contributed by atoms with Gasteiger partial charge in [0.25, 0.3) is 10.2 Å². The van der Waals surface area contributed by atoms with Gasteiger partial charge in [0.2, 0.25) is 10.0 Å². The van der Waals surface area contributed by atoms with Gasteiger partial charge in [-0.15, -0.1) is 0 Å². The molecule has 0 saturated carbocycles. The van der Waals surface area contributed by atoms with Gasteiger partial charge in [-0.05, 0) is 12.8 Å². The van der Waals surface area contributed by atoms with E-state index in [9.17, 15) is 16.8 Å². The monoisotopic (exact) mass is 313 g/mol. The molecule has 1 heterocycles. The van der Waals surface area contributed by atoms with Crippen LogP contribution in [-0.2, 0) is 20.2 Å². The second kappa shape index (κ2) is 6.49. The summed E-state index contributed by atoms with van der Waals surface area (Å²) in [5, 5.41) is 0. The number of sulfonamides is 1. The van der Waals surface area contributed by atoms with E-state index < -0.39 is 20.2 Å². The highest BCUT2D eigenvalue weighted by Crippen LogP contribution is 2.14. The summed E-state index contributed by atoms with van der Waals surface area (Å²) in [6.45, 7) is 5.00. The smallest absolute Gasteiger partial charge is 0.213 e. The third-order valence-corrected chi connectivity index (χ3v) is 6.31. The summed E-state index contributed by atoms with van der Waals surface area (Å²) in [6.07, 6.45) is 2.47. The van der Waals surface area contributed by atoms with E-state index in [2.05, 4.69) is 4.72 Å². The minimum absolute atomic E-state index is 0.208. The molecular formula is C10H23N3O4S2. The lowest BCUT2D eigenvalue weighted by Crippen LogP contribution is -2.52. The number of hydrogen-bond donors (Lipinski definition) is 1. The molecule has 0 spiro atoms. The highest BCUT2D eigenvalue weighted by Gasteiger charge is 2.30. The Morgan fingerprint density at radius 1 is 1.21 bits per heavy atom. The molecule has 19 heavy (non-hydrogen) atoms. The second-order valence-electron chi connectivity index (χ2n) is 4.67. The summed E-state index contributed by atoms with van der Waals surface area (Å²) in [6, 6.07) is -0.353. The molecule has 0 radical (unpaired) electrons. The summed E-state index contributed by atoms with van der Waals surface area (Å²) in [7, 11) is -6.79. The lowest BCUT2D eigenvalue weighted by Gasteiger charge is -2.32. The fourth-order valence-corrected chi connectivity index (χ4v) is 4.54. The average Bonchev–Trinajstić information content (AvgIpc) is 2.28. The third-order valence-electron chi connectivity index (χ3n) is 3.21. The summed E-state index contributed by atoms with van der Waals surface area (Å²) in [4.78, 5) is 0. The first kappa shape index (κ1) is 16.8. The van der Waals surface area contributed by atoms with Crippen LogP contribution in [0.3, 0.4) is 0 Å². The van der Waals surface area contributed by atoms with Crippen molar-refractivity contribution < 1.29 is 16.8 Å². The lowest BCUT2D eigenvalue weighted by molar-refractivity contribution is 0.300. The van der Waals surface area contributed by atoms with Crippen molar-refractivity contribution in [2.75, 3.05) is 32.4 Å². The largest absolute Gasteiger partial charge is 0.279 e. The van der Waals surface area contributed by atoms with Crippen LogP contribution in [0.25, 0.3) is 0 Å². The zero-order valence-corrected chi connectivity index (χ0v) is 13.3. The van der Waals surface area contributed by atoms with Crippen LogP contribution in [0.2, 0.25) is 0 Å². The Balaban J connectivity index is 2.72. The van der Waals surface area contributed by atoms with E-state index in [0.29, 0.717) is 32.5 Å². The normalized spacial score (nSPS) is 22.8. The van der Waals surface area contributed by atoms with Crippen LogP contribution in [0, 0.1) is 0 Å². The SMILES string of the molecule is CCN(CC)S(=O)(=O)NC1CCCN(S(C)(=O)=O)C1. The van der Waals surface area contributed by atoms with Crippen molar-refractivity contribution in [2.24, 2.45) is 0 Å². The molecule has 1 rings (SSSR count). The van der Waals surface area contributed by atoms with Gasteiger partial charge in [0, 0.05) is 32.2 Å². The third kappa shape index (κ3) is 4.67. The van der Waals surface area contributed by atoms with Gasteiger partial charge in [-0.2, -0.15) is 17.4 Å². The Morgan fingerprint density at radius 2 is 1.79 bits per heavy atom. The Hall–Kier alpha value is -0.220. The molecule has 1 aliphatic rings.